The summed E-state index contributed by atoms with van der Waals surface area (Å²) in [6, 6.07) is 8.92. The normalized spacial score (nSPS) is 19.0. The molecule has 1 aliphatic heterocycles. The molecule has 2 aromatic rings. The molecular weight excluding hydrogens is 360 g/mol. The smallest absolute Gasteiger partial charge is 0.237 e. The summed E-state index contributed by atoms with van der Waals surface area (Å²) in [7, 11) is -3.08. The molecule has 0 bridgehead atoms. The molecule has 1 aromatic carbocycles. The fourth-order valence-electron chi connectivity index (χ4n) is 2.89. The molecule has 1 aromatic heterocycles. The van der Waals surface area contributed by atoms with Crippen LogP contribution in [0, 0.1) is 0 Å². The molecule has 3 rings (SSSR count). The van der Waals surface area contributed by atoms with Crippen molar-refractivity contribution < 1.29 is 13.2 Å². The Hall–Kier alpha value is -1.87. The number of benzene rings is 1. The minimum Gasteiger partial charge on any atom is -0.309 e. The number of para-hydroxylation sites is 1. The van der Waals surface area contributed by atoms with E-state index in [1.165, 1.54) is 11.8 Å². The van der Waals surface area contributed by atoms with E-state index in [4.69, 9.17) is 0 Å². The Labute approximate surface area is 151 Å². The van der Waals surface area contributed by atoms with E-state index in [2.05, 4.69) is 10.2 Å². The number of hydrogen-bond donors (Lipinski definition) is 0. The highest BCUT2D eigenvalue weighted by Crippen LogP contribution is 2.26. The van der Waals surface area contributed by atoms with Gasteiger partial charge in [-0.15, -0.1) is 10.2 Å². The van der Waals surface area contributed by atoms with Gasteiger partial charge < -0.3 is 9.47 Å². The quantitative estimate of drug-likeness (QED) is 0.708. The minimum absolute atomic E-state index is 0.0173. The molecular formula is C16H20N4O3S2. The van der Waals surface area contributed by atoms with Gasteiger partial charge in [-0.1, -0.05) is 30.0 Å². The Morgan fingerprint density at radius 3 is 2.76 bits per heavy atom. The molecule has 0 spiro atoms. The third-order valence-corrected chi connectivity index (χ3v) is 6.84. The second-order valence-electron chi connectivity index (χ2n) is 5.84. The first-order valence-electron chi connectivity index (χ1n) is 8.08. The predicted octanol–water partition coefficient (Wildman–Crippen LogP) is 1.61. The Kier molecular flexibility index (Phi) is 5.43. The van der Waals surface area contributed by atoms with Gasteiger partial charge in [0, 0.05) is 12.2 Å². The second-order valence-corrected chi connectivity index (χ2v) is 9.02. The first-order valence-corrected chi connectivity index (χ1v) is 10.9. The van der Waals surface area contributed by atoms with Crippen molar-refractivity contribution in [3.05, 3.63) is 36.7 Å². The largest absolute Gasteiger partial charge is 0.309 e. The van der Waals surface area contributed by atoms with Gasteiger partial charge in [0.15, 0.2) is 15.0 Å². The van der Waals surface area contributed by atoms with Crippen LogP contribution in [0.25, 0.3) is 0 Å². The number of aryl methyl sites for hydroxylation is 1. The average Bonchev–Trinajstić information content (AvgIpc) is 3.20. The van der Waals surface area contributed by atoms with Crippen LogP contribution < -0.4 is 4.90 Å². The summed E-state index contributed by atoms with van der Waals surface area (Å²) < 4.78 is 25.6. The fourth-order valence-corrected chi connectivity index (χ4v) is 5.43. The maximum atomic E-state index is 12.9. The van der Waals surface area contributed by atoms with Crippen LogP contribution >= 0.6 is 11.8 Å². The Bertz CT molecular complexity index is 836. The summed E-state index contributed by atoms with van der Waals surface area (Å²) in [5.41, 5.74) is 0.729. The molecule has 7 nitrogen and oxygen atoms in total. The van der Waals surface area contributed by atoms with Gasteiger partial charge in [0.25, 0.3) is 0 Å². The molecule has 1 amide bonds. The molecule has 134 valence electrons. The van der Waals surface area contributed by atoms with E-state index in [-0.39, 0.29) is 29.2 Å². The first kappa shape index (κ1) is 17.9. The van der Waals surface area contributed by atoms with Crippen LogP contribution in [0.1, 0.15) is 13.3 Å². The van der Waals surface area contributed by atoms with E-state index < -0.39 is 9.84 Å². The zero-order valence-corrected chi connectivity index (χ0v) is 15.5. The molecule has 1 aliphatic rings. The molecule has 0 unspecified atom stereocenters. The Balaban J connectivity index is 1.78. The number of carbonyl (C=O) groups excluding carboxylic acids is 1. The third kappa shape index (κ3) is 4.21. The van der Waals surface area contributed by atoms with Crippen LogP contribution in [0.5, 0.6) is 0 Å². The summed E-state index contributed by atoms with van der Waals surface area (Å²) in [6.07, 6.45) is 2.10. The van der Waals surface area contributed by atoms with Crippen LogP contribution in [-0.4, -0.2) is 52.4 Å². The predicted molar refractivity (Wildman–Crippen MR) is 97.4 cm³/mol. The minimum atomic E-state index is -3.08. The monoisotopic (exact) mass is 380 g/mol. The van der Waals surface area contributed by atoms with E-state index in [0.717, 1.165) is 12.2 Å². The lowest BCUT2D eigenvalue weighted by molar-refractivity contribution is -0.116. The molecule has 2 heterocycles. The summed E-state index contributed by atoms with van der Waals surface area (Å²) in [6.45, 7) is 2.71. The van der Waals surface area contributed by atoms with Gasteiger partial charge in [-0.05, 0) is 25.5 Å². The van der Waals surface area contributed by atoms with Crippen molar-refractivity contribution in [3.63, 3.8) is 0 Å². The highest BCUT2D eigenvalue weighted by atomic mass is 32.2. The Morgan fingerprint density at radius 1 is 1.36 bits per heavy atom. The SMILES string of the molecule is CCn1cnnc1SCC(=O)N(c1ccccc1)[C@@H]1CCS(=O)(=O)C1. The number of amides is 1. The molecule has 0 aliphatic carbocycles. The van der Waals surface area contributed by atoms with Crippen LogP contribution in [0.3, 0.4) is 0 Å². The lowest BCUT2D eigenvalue weighted by atomic mass is 10.2. The number of thioether (sulfide) groups is 1. The van der Waals surface area contributed by atoms with Gasteiger partial charge in [-0.2, -0.15) is 0 Å². The zero-order chi connectivity index (χ0) is 17.9. The van der Waals surface area contributed by atoms with Crippen molar-refractivity contribution in [1.29, 1.82) is 0 Å². The molecule has 0 saturated carbocycles. The van der Waals surface area contributed by atoms with Crippen molar-refractivity contribution in [1.82, 2.24) is 14.8 Å². The van der Waals surface area contributed by atoms with Crippen molar-refractivity contribution in [2.45, 2.75) is 31.1 Å². The van der Waals surface area contributed by atoms with Crippen molar-refractivity contribution in [2.24, 2.45) is 0 Å². The summed E-state index contributed by atoms with van der Waals surface area (Å²) in [4.78, 5) is 14.5. The van der Waals surface area contributed by atoms with E-state index in [1.54, 1.807) is 11.2 Å². The van der Waals surface area contributed by atoms with Crippen molar-refractivity contribution in [2.75, 3.05) is 22.2 Å². The van der Waals surface area contributed by atoms with Gasteiger partial charge in [-0.3, -0.25) is 4.79 Å². The topological polar surface area (TPSA) is 85.2 Å². The molecule has 0 N–H and O–H groups in total. The van der Waals surface area contributed by atoms with E-state index in [9.17, 15) is 13.2 Å². The number of sulfone groups is 1. The highest BCUT2D eigenvalue weighted by Gasteiger charge is 2.35. The van der Waals surface area contributed by atoms with Crippen LogP contribution in [0.2, 0.25) is 0 Å². The van der Waals surface area contributed by atoms with Gasteiger partial charge in [0.2, 0.25) is 5.91 Å². The standard InChI is InChI=1S/C16H20N4O3S2/c1-2-19-12-17-18-16(19)24-10-15(21)20(13-6-4-3-5-7-13)14-8-9-25(22,23)11-14/h3-7,12,14H,2,8-11H2,1H3/t14-/m1/s1. The fraction of sp³-hybridized carbons (Fsp3) is 0.438. The van der Waals surface area contributed by atoms with Crippen LogP contribution in [-0.2, 0) is 21.2 Å². The van der Waals surface area contributed by atoms with Gasteiger partial charge >= 0.3 is 0 Å². The lowest BCUT2D eigenvalue weighted by Gasteiger charge is -2.28. The summed E-state index contributed by atoms with van der Waals surface area (Å²) in [5, 5.41) is 8.56. The van der Waals surface area contributed by atoms with Crippen LogP contribution in [0.4, 0.5) is 5.69 Å². The van der Waals surface area contributed by atoms with E-state index in [1.807, 2.05) is 41.8 Å². The molecule has 1 saturated heterocycles. The second kappa shape index (κ2) is 7.57. The number of aromatic nitrogens is 3. The van der Waals surface area contributed by atoms with Crippen molar-refractivity contribution in [3.8, 4) is 0 Å². The summed E-state index contributed by atoms with van der Waals surface area (Å²) in [5.74, 6) is 0.211. The van der Waals surface area contributed by atoms with Gasteiger partial charge in [-0.25, -0.2) is 8.42 Å². The zero-order valence-electron chi connectivity index (χ0n) is 13.9. The third-order valence-electron chi connectivity index (χ3n) is 4.12. The van der Waals surface area contributed by atoms with Crippen LogP contribution in [0.15, 0.2) is 41.8 Å². The van der Waals surface area contributed by atoms with E-state index >= 15 is 0 Å². The average molecular weight is 380 g/mol. The Morgan fingerprint density at radius 2 is 2.12 bits per heavy atom. The lowest BCUT2D eigenvalue weighted by Crippen LogP contribution is -2.42. The number of nitrogens with zero attached hydrogens (tertiary/aromatic N) is 4. The first-order chi connectivity index (χ1) is 12.0. The number of carbonyl (C=O) groups is 1. The number of rotatable bonds is 6. The number of hydrogen-bond acceptors (Lipinski definition) is 6. The molecule has 25 heavy (non-hydrogen) atoms. The molecule has 0 radical (unpaired) electrons. The van der Waals surface area contributed by atoms with Crippen molar-refractivity contribution >= 4 is 33.2 Å². The maximum Gasteiger partial charge on any atom is 0.237 e. The molecule has 1 atom stereocenters. The van der Waals surface area contributed by atoms with Gasteiger partial charge in [0.05, 0.1) is 23.3 Å². The molecule has 9 heteroatoms. The molecule has 1 fully saturated rings. The maximum absolute atomic E-state index is 12.9. The van der Waals surface area contributed by atoms with E-state index in [0.29, 0.717) is 11.6 Å². The van der Waals surface area contributed by atoms with Gasteiger partial charge in [0.1, 0.15) is 6.33 Å². The number of anilines is 1. The highest BCUT2D eigenvalue weighted by molar-refractivity contribution is 7.99. The summed E-state index contributed by atoms with van der Waals surface area (Å²) >= 11 is 1.32.